The van der Waals surface area contributed by atoms with Gasteiger partial charge >= 0.3 is 5.97 Å². The van der Waals surface area contributed by atoms with E-state index < -0.39 is 18.5 Å². The number of rotatable bonds is 7. The number of hydrogen-bond donors (Lipinski definition) is 1. The summed E-state index contributed by atoms with van der Waals surface area (Å²) in [5, 5.41) is 3.17. The summed E-state index contributed by atoms with van der Waals surface area (Å²) in [6.07, 6.45) is -0.0294. The van der Waals surface area contributed by atoms with Crippen LogP contribution in [0.4, 0.5) is 5.69 Å². The number of amides is 1. The van der Waals surface area contributed by atoms with Crippen molar-refractivity contribution in [1.82, 2.24) is 0 Å². The quantitative estimate of drug-likeness (QED) is 0.740. The molecule has 1 N–H and O–H groups in total. The summed E-state index contributed by atoms with van der Waals surface area (Å²) in [6.45, 7) is 3.37. The van der Waals surface area contributed by atoms with E-state index in [2.05, 4.69) is 5.32 Å². The van der Waals surface area contributed by atoms with E-state index in [1.807, 2.05) is 13.8 Å². The van der Waals surface area contributed by atoms with Crippen molar-refractivity contribution in [3.05, 3.63) is 53.1 Å². The van der Waals surface area contributed by atoms with Gasteiger partial charge in [0, 0.05) is 10.7 Å². The highest BCUT2D eigenvalue weighted by molar-refractivity contribution is 6.30. The first kappa shape index (κ1) is 19.6. The molecule has 2 aromatic carbocycles. The Kier molecular flexibility index (Phi) is 6.86. The largest absolute Gasteiger partial charge is 0.493 e. The van der Waals surface area contributed by atoms with Gasteiger partial charge in [0.05, 0.1) is 18.8 Å². The van der Waals surface area contributed by atoms with Gasteiger partial charge in [0.2, 0.25) is 0 Å². The highest BCUT2D eigenvalue weighted by Crippen LogP contribution is 2.29. The summed E-state index contributed by atoms with van der Waals surface area (Å²) >= 11 is 5.78. The number of carbonyl (C=O) groups excluding carboxylic acids is 2. The van der Waals surface area contributed by atoms with Crippen LogP contribution >= 0.6 is 11.6 Å². The number of methoxy groups -OCH3 is 1. The van der Waals surface area contributed by atoms with Gasteiger partial charge in [0.1, 0.15) is 0 Å². The predicted molar refractivity (Wildman–Crippen MR) is 99.1 cm³/mol. The van der Waals surface area contributed by atoms with Crippen molar-refractivity contribution in [2.45, 2.75) is 20.0 Å². The van der Waals surface area contributed by atoms with Gasteiger partial charge < -0.3 is 19.5 Å². The molecule has 1 amide bonds. The Hall–Kier alpha value is -2.73. The number of benzene rings is 2. The summed E-state index contributed by atoms with van der Waals surface area (Å²) in [6, 6.07) is 11.3. The van der Waals surface area contributed by atoms with Crippen LogP contribution in [0.5, 0.6) is 11.5 Å². The summed E-state index contributed by atoms with van der Waals surface area (Å²) < 4.78 is 15.9. The van der Waals surface area contributed by atoms with Crippen molar-refractivity contribution in [3.8, 4) is 11.5 Å². The molecule has 0 unspecified atom stereocenters. The fraction of sp³-hybridized carbons (Fsp3) is 0.263. The number of anilines is 1. The van der Waals surface area contributed by atoms with Crippen LogP contribution in [0.15, 0.2) is 42.5 Å². The molecule has 0 bridgehead atoms. The number of esters is 1. The number of ether oxygens (including phenoxy) is 3. The molecule has 0 aromatic heterocycles. The summed E-state index contributed by atoms with van der Waals surface area (Å²) in [7, 11) is 1.48. The van der Waals surface area contributed by atoms with Gasteiger partial charge in [-0.3, -0.25) is 4.79 Å². The highest BCUT2D eigenvalue weighted by Gasteiger charge is 2.14. The molecule has 0 spiro atoms. The van der Waals surface area contributed by atoms with Crippen LogP contribution in [-0.4, -0.2) is 31.7 Å². The van der Waals surface area contributed by atoms with Crippen LogP contribution in [0.3, 0.4) is 0 Å². The number of carbonyl (C=O) groups is 2. The maximum Gasteiger partial charge on any atom is 0.338 e. The van der Waals surface area contributed by atoms with E-state index >= 15 is 0 Å². The molecule has 0 radical (unpaired) electrons. The van der Waals surface area contributed by atoms with E-state index in [4.69, 9.17) is 25.8 Å². The molecule has 0 aliphatic rings. The zero-order chi connectivity index (χ0) is 19.1. The number of hydrogen-bond acceptors (Lipinski definition) is 5. The molecule has 0 aliphatic heterocycles. The lowest BCUT2D eigenvalue weighted by Crippen LogP contribution is -2.21. The van der Waals surface area contributed by atoms with Crippen LogP contribution < -0.4 is 14.8 Å². The van der Waals surface area contributed by atoms with Gasteiger partial charge in [-0.25, -0.2) is 4.79 Å². The third-order valence-corrected chi connectivity index (χ3v) is 3.48. The topological polar surface area (TPSA) is 73.9 Å². The monoisotopic (exact) mass is 377 g/mol. The van der Waals surface area contributed by atoms with Crippen molar-refractivity contribution >= 4 is 29.2 Å². The molecule has 26 heavy (non-hydrogen) atoms. The Bertz CT molecular complexity index is 774. The first-order chi connectivity index (χ1) is 12.4. The van der Waals surface area contributed by atoms with Crippen LogP contribution in [0.25, 0.3) is 0 Å². The molecule has 2 aromatic rings. The van der Waals surface area contributed by atoms with Gasteiger partial charge in [-0.2, -0.15) is 0 Å². The Labute approximate surface area is 157 Å². The molecule has 0 saturated heterocycles. The molecule has 0 heterocycles. The van der Waals surface area contributed by atoms with Crippen LogP contribution in [0.2, 0.25) is 5.02 Å². The standard InChI is InChI=1S/C19H20ClNO5/c1-12(2)26-16-9-4-13(10-17(16)24-3)19(23)25-11-18(22)21-15-7-5-14(20)6-8-15/h4-10,12H,11H2,1-3H3,(H,21,22). The second kappa shape index (κ2) is 9.10. The molecule has 0 atom stereocenters. The van der Waals surface area contributed by atoms with E-state index in [1.165, 1.54) is 13.2 Å². The highest BCUT2D eigenvalue weighted by atomic mass is 35.5. The van der Waals surface area contributed by atoms with Crippen molar-refractivity contribution in [2.24, 2.45) is 0 Å². The Balaban J connectivity index is 1.94. The minimum Gasteiger partial charge on any atom is -0.493 e. The second-order valence-corrected chi connectivity index (χ2v) is 6.10. The Morgan fingerprint density at radius 2 is 1.77 bits per heavy atom. The number of nitrogens with one attached hydrogen (secondary N) is 1. The first-order valence-electron chi connectivity index (χ1n) is 7.96. The van der Waals surface area contributed by atoms with Gasteiger partial charge in [0.25, 0.3) is 5.91 Å². The smallest absolute Gasteiger partial charge is 0.338 e. The SMILES string of the molecule is COc1cc(C(=O)OCC(=O)Nc2ccc(Cl)cc2)ccc1OC(C)C. The molecule has 7 heteroatoms. The van der Waals surface area contributed by atoms with E-state index in [0.717, 1.165) is 0 Å². The molecule has 6 nitrogen and oxygen atoms in total. The van der Waals surface area contributed by atoms with E-state index in [1.54, 1.807) is 36.4 Å². The van der Waals surface area contributed by atoms with Gasteiger partial charge in [-0.05, 0) is 56.3 Å². The molecular formula is C19H20ClNO5. The predicted octanol–water partition coefficient (Wildman–Crippen LogP) is 3.93. The van der Waals surface area contributed by atoms with E-state index in [9.17, 15) is 9.59 Å². The van der Waals surface area contributed by atoms with Crippen molar-refractivity contribution in [2.75, 3.05) is 19.0 Å². The molecule has 138 valence electrons. The molecule has 0 saturated carbocycles. The number of halogens is 1. The minimum atomic E-state index is -0.634. The zero-order valence-corrected chi connectivity index (χ0v) is 15.5. The lowest BCUT2D eigenvalue weighted by atomic mass is 10.2. The van der Waals surface area contributed by atoms with Crippen molar-refractivity contribution in [3.63, 3.8) is 0 Å². The zero-order valence-electron chi connectivity index (χ0n) is 14.7. The van der Waals surface area contributed by atoms with Crippen molar-refractivity contribution < 1.29 is 23.8 Å². The first-order valence-corrected chi connectivity index (χ1v) is 8.34. The summed E-state index contributed by atoms with van der Waals surface area (Å²) in [4.78, 5) is 24.0. The minimum absolute atomic E-state index is 0.0294. The maximum atomic E-state index is 12.1. The Morgan fingerprint density at radius 3 is 2.38 bits per heavy atom. The van der Waals surface area contributed by atoms with Gasteiger partial charge in [-0.15, -0.1) is 0 Å². The second-order valence-electron chi connectivity index (χ2n) is 5.66. The normalized spacial score (nSPS) is 10.3. The summed E-state index contributed by atoms with van der Waals surface area (Å²) in [5.74, 6) is -0.142. The van der Waals surface area contributed by atoms with E-state index in [-0.39, 0.29) is 11.7 Å². The third-order valence-electron chi connectivity index (χ3n) is 3.22. The molecule has 2 rings (SSSR count). The average molecular weight is 378 g/mol. The fourth-order valence-corrected chi connectivity index (χ4v) is 2.22. The lowest BCUT2D eigenvalue weighted by Gasteiger charge is -2.14. The van der Waals surface area contributed by atoms with Gasteiger partial charge in [-0.1, -0.05) is 11.6 Å². The van der Waals surface area contributed by atoms with Crippen molar-refractivity contribution in [1.29, 1.82) is 0 Å². The van der Waals surface area contributed by atoms with Crippen LogP contribution in [0, 0.1) is 0 Å². The Morgan fingerprint density at radius 1 is 1.08 bits per heavy atom. The molecule has 0 fully saturated rings. The van der Waals surface area contributed by atoms with Crippen LogP contribution in [0.1, 0.15) is 24.2 Å². The van der Waals surface area contributed by atoms with Gasteiger partial charge in [0.15, 0.2) is 18.1 Å². The molecular weight excluding hydrogens is 358 g/mol. The van der Waals surface area contributed by atoms with E-state index in [0.29, 0.717) is 22.2 Å². The third kappa shape index (κ3) is 5.67. The summed E-state index contributed by atoms with van der Waals surface area (Å²) in [5.41, 5.74) is 0.824. The maximum absolute atomic E-state index is 12.1. The molecule has 0 aliphatic carbocycles. The fourth-order valence-electron chi connectivity index (χ4n) is 2.09. The average Bonchev–Trinajstić information content (AvgIpc) is 2.61. The van der Waals surface area contributed by atoms with Crippen LogP contribution in [-0.2, 0) is 9.53 Å². The lowest BCUT2D eigenvalue weighted by molar-refractivity contribution is -0.119.